The highest BCUT2D eigenvalue weighted by Crippen LogP contribution is 2.24. The number of fused-ring (bicyclic) bond motifs is 1. The van der Waals surface area contributed by atoms with E-state index >= 15 is 0 Å². The normalized spacial score (nSPS) is 10.9. The van der Waals surface area contributed by atoms with Crippen molar-refractivity contribution in [2.75, 3.05) is 7.11 Å². The molecule has 0 radical (unpaired) electrons. The van der Waals surface area contributed by atoms with Gasteiger partial charge in [0, 0.05) is 5.39 Å². The van der Waals surface area contributed by atoms with E-state index in [2.05, 4.69) is 5.10 Å². The molecule has 3 rings (SSSR count). The summed E-state index contributed by atoms with van der Waals surface area (Å²) in [4.78, 5) is 24.5. The molecule has 0 aliphatic carbocycles. The molecule has 0 aliphatic heterocycles. The molecule has 0 fully saturated rings. The molecular formula is C17H11Cl3N2O3. The number of nitrogens with zero attached hydrogens (tertiary/aromatic N) is 2. The Morgan fingerprint density at radius 2 is 1.88 bits per heavy atom. The largest absolute Gasteiger partial charge is 0.497 e. The maximum absolute atomic E-state index is 12.8. The van der Waals surface area contributed by atoms with Crippen LogP contribution in [0.25, 0.3) is 10.8 Å². The number of carbonyl (C=O) groups is 1. The van der Waals surface area contributed by atoms with Crippen LogP contribution < -0.4 is 10.3 Å². The van der Waals surface area contributed by atoms with E-state index in [1.165, 1.54) is 7.11 Å². The summed E-state index contributed by atoms with van der Waals surface area (Å²) in [5, 5.41) is 4.79. The van der Waals surface area contributed by atoms with Crippen molar-refractivity contribution in [1.29, 1.82) is 0 Å². The zero-order valence-corrected chi connectivity index (χ0v) is 15.2. The van der Waals surface area contributed by atoms with Gasteiger partial charge in [-0.05, 0) is 47.5 Å². The monoisotopic (exact) mass is 396 g/mol. The van der Waals surface area contributed by atoms with E-state index in [-0.39, 0.29) is 17.8 Å². The molecule has 0 bridgehead atoms. The smallest absolute Gasteiger partial charge is 0.275 e. The number of benzene rings is 2. The number of ether oxygens (including phenoxy) is 1. The van der Waals surface area contributed by atoms with Gasteiger partial charge in [0.05, 0.1) is 29.1 Å². The van der Waals surface area contributed by atoms with Gasteiger partial charge in [-0.25, -0.2) is 4.68 Å². The molecular weight excluding hydrogens is 387 g/mol. The van der Waals surface area contributed by atoms with Crippen molar-refractivity contribution >= 4 is 50.8 Å². The maximum Gasteiger partial charge on any atom is 0.275 e. The van der Waals surface area contributed by atoms with Crippen molar-refractivity contribution in [2.45, 2.75) is 6.54 Å². The lowest BCUT2D eigenvalue weighted by molar-refractivity contribution is 0.107. The second-order valence-electron chi connectivity index (χ2n) is 5.25. The first-order valence-corrected chi connectivity index (χ1v) is 8.26. The van der Waals surface area contributed by atoms with Crippen LogP contribution in [0.3, 0.4) is 0 Å². The van der Waals surface area contributed by atoms with E-state index in [1.54, 1.807) is 36.4 Å². The van der Waals surface area contributed by atoms with E-state index in [4.69, 9.17) is 39.5 Å². The molecule has 3 aromatic rings. The molecule has 1 aromatic heterocycles. The van der Waals surface area contributed by atoms with Gasteiger partial charge >= 0.3 is 0 Å². The molecule has 5 nitrogen and oxygen atoms in total. The first kappa shape index (κ1) is 17.7. The molecule has 0 spiro atoms. The van der Waals surface area contributed by atoms with Crippen molar-refractivity contribution in [1.82, 2.24) is 9.78 Å². The van der Waals surface area contributed by atoms with Gasteiger partial charge in [0.15, 0.2) is 5.69 Å². The fraction of sp³-hybridized carbons (Fsp3) is 0.118. The number of hydrogen-bond acceptors (Lipinski definition) is 4. The van der Waals surface area contributed by atoms with Crippen LogP contribution in [0.4, 0.5) is 0 Å². The summed E-state index contributed by atoms with van der Waals surface area (Å²) in [5.74, 6) is 0.491. The standard InChI is InChI=1S/C17H11Cl3N2O3/c1-25-10-3-4-11-12(7-10)17(24)22(21-15(11)16(20)23)8-9-2-5-13(18)14(19)6-9/h2-7H,8H2,1H3. The lowest BCUT2D eigenvalue weighted by Gasteiger charge is -2.10. The van der Waals surface area contributed by atoms with Gasteiger partial charge in [-0.15, -0.1) is 0 Å². The Balaban J connectivity index is 2.20. The number of methoxy groups -OCH3 is 1. The van der Waals surface area contributed by atoms with E-state index in [0.717, 1.165) is 4.68 Å². The van der Waals surface area contributed by atoms with Crippen LogP contribution in [0.15, 0.2) is 41.2 Å². The van der Waals surface area contributed by atoms with Gasteiger partial charge < -0.3 is 4.74 Å². The number of aromatic nitrogens is 2. The van der Waals surface area contributed by atoms with E-state index < -0.39 is 5.24 Å². The molecule has 0 saturated heterocycles. The quantitative estimate of drug-likeness (QED) is 0.621. The number of halogens is 3. The predicted molar refractivity (Wildman–Crippen MR) is 98.3 cm³/mol. The Bertz CT molecular complexity index is 1050. The van der Waals surface area contributed by atoms with E-state index in [0.29, 0.717) is 32.1 Å². The molecule has 0 amide bonds. The highest BCUT2D eigenvalue weighted by molar-refractivity contribution is 6.68. The van der Waals surface area contributed by atoms with E-state index in [1.807, 2.05) is 0 Å². The third-order valence-corrected chi connectivity index (χ3v) is 4.59. The van der Waals surface area contributed by atoms with Gasteiger partial charge in [-0.3, -0.25) is 9.59 Å². The highest BCUT2D eigenvalue weighted by Gasteiger charge is 2.16. The van der Waals surface area contributed by atoms with Gasteiger partial charge in [0.2, 0.25) is 0 Å². The lowest BCUT2D eigenvalue weighted by atomic mass is 10.1. The number of rotatable bonds is 4. The van der Waals surface area contributed by atoms with Crippen molar-refractivity contribution in [3.05, 3.63) is 68.1 Å². The van der Waals surface area contributed by atoms with Crippen LogP contribution in [0.2, 0.25) is 10.0 Å². The molecule has 1 heterocycles. The second kappa shape index (κ2) is 7.04. The first-order valence-electron chi connectivity index (χ1n) is 7.13. The van der Waals surface area contributed by atoms with Gasteiger partial charge in [0.25, 0.3) is 10.8 Å². The molecule has 0 aliphatic rings. The molecule has 0 saturated carbocycles. The first-order chi connectivity index (χ1) is 11.9. The number of hydrogen-bond donors (Lipinski definition) is 0. The van der Waals surface area contributed by atoms with Crippen LogP contribution in [0.5, 0.6) is 5.75 Å². The van der Waals surface area contributed by atoms with Gasteiger partial charge in [-0.2, -0.15) is 5.10 Å². The van der Waals surface area contributed by atoms with Crippen molar-refractivity contribution in [2.24, 2.45) is 0 Å². The highest BCUT2D eigenvalue weighted by atomic mass is 35.5. The van der Waals surface area contributed by atoms with Crippen LogP contribution in [-0.2, 0) is 6.54 Å². The molecule has 0 atom stereocenters. The third-order valence-electron chi connectivity index (χ3n) is 3.67. The minimum absolute atomic E-state index is 0.000944. The number of carbonyl (C=O) groups excluding carboxylic acids is 1. The SMILES string of the molecule is COc1ccc2c(C(=O)Cl)nn(Cc3ccc(Cl)c(Cl)c3)c(=O)c2c1. The molecule has 8 heteroatoms. The minimum atomic E-state index is -0.752. The zero-order chi connectivity index (χ0) is 18.1. The molecule has 128 valence electrons. The average molecular weight is 398 g/mol. The van der Waals surface area contributed by atoms with Crippen molar-refractivity contribution < 1.29 is 9.53 Å². The predicted octanol–water partition coefficient (Wildman–Crippen LogP) is 4.14. The summed E-state index contributed by atoms with van der Waals surface area (Å²) in [6, 6.07) is 9.75. The minimum Gasteiger partial charge on any atom is -0.497 e. The Morgan fingerprint density at radius 1 is 1.12 bits per heavy atom. The van der Waals surface area contributed by atoms with Crippen molar-refractivity contribution in [3.63, 3.8) is 0 Å². The van der Waals surface area contributed by atoms with Crippen molar-refractivity contribution in [3.8, 4) is 5.75 Å². The van der Waals surface area contributed by atoms with E-state index in [9.17, 15) is 9.59 Å². The summed E-state index contributed by atoms with van der Waals surface area (Å²) < 4.78 is 6.31. The molecule has 0 unspecified atom stereocenters. The summed E-state index contributed by atoms with van der Waals surface area (Å²) in [6.07, 6.45) is 0. The lowest BCUT2D eigenvalue weighted by Crippen LogP contribution is -2.26. The Labute approximate surface area is 157 Å². The molecule has 25 heavy (non-hydrogen) atoms. The third kappa shape index (κ3) is 3.49. The topological polar surface area (TPSA) is 61.2 Å². The average Bonchev–Trinajstić information content (AvgIpc) is 2.60. The summed E-state index contributed by atoms with van der Waals surface area (Å²) in [6.45, 7) is 0.111. The Hall–Kier alpha value is -2.08. The molecule has 2 aromatic carbocycles. The van der Waals surface area contributed by atoms with Gasteiger partial charge in [0.1, 0.15) is 5.75 Å². The fourth-order valence-corrected chi connectivity index (χ4v) is 2.92. The zero-order valence-electron chi connectivity index (χ0n) is 12.9. The molecule has 0 N–H and O–H groups in total. The second-order valence-corrected chi connectivity index (χ2v) is 6.40. The fourth-order valence-electron chi connectivity index (χ4n) is 2.46. The summed E-state index contributed by atoms with van der Waals surface area (Å²) in [7, 11) is 1.49. The Kier molecular flexibility index (Phi) is 4.99. The maximum atomic E-state index is 12.8. The van der Waals surface area contributed by atoms with Crippen LogP contribution in [0.1, 0.15) is 16.1 Å². The van der Waals surface area contributed by atoms with Gasteiger partial charge in [-0.1, -0.05) is 29.3 Å². The summed E-state index contributed by atoms with van der Waals surface area (Å²) in [5.41, 5.74) is 0.333. The van der Waals surface area contributed by atoms with Crippen LogP contribution in [-0.4, -0.2) is 22.1 Å². The summed E-state index contributed by atoms with van der Waals surface area (Å²) >= 11 is 17.5. The van der Waals surface area contributed by atoms with Crippen LogP contribution in [0, 0.1) is 0 Å². The van der Waals surface area contributed by atoms with Crippen LogP contribution >= 0.6 is 34.8 Å². The Morgan fingerprint density at radius 3 is 2.52 bits per heavy atom.